The number of benzene rings is 2. The van der Waals surface area contributed by atoms with Crippen LogP contribution in [0.4, 0.5) is 0 Å². The highest BCUT2D eigenvalue weighted by molar-refractivity contribution is 7.91. The molecular formula is C19H19Cl2NO5S. The molecule has 0 saturated heterocycles. The monoisotopic (exact) mass is 443 g/mol. The molecule has 0 fully saturated rings. The van der Waals surface area contributed by atoms with Gasteiger partial charge in [0.2, 0.25) is 0 Å². The van der Waals surface area contributed by atoms with Crippen LogP contribution >= 0.6 is 23.2 Å². The summed E-state index contributed by atoms with van der Waals surface area (Å²) in [6.07, 6.45) is 0.573. The Bertz CT molecular complexity index is 994. The average molecular weight is 444 g/mol. The molecular weight excluding hydrogens is 425 g/mol. The lowest BCUT2D eigenvalue weighted by atomic mass is 10.00. The summed E-state index contributed by atoms with van der Waals surface area (Å²) in [5.41, 5.74) is 0.781. The predicted octanol–water partition coefficient (Wildman–Crippen LogP) is 3.67. The highest BCUT2D eigenvalue weighted by atomic mass is 35.5. The number of hydrogen-bond donors (Lipinski definition) is 1. The van der Waals surface area contributed by atoms with Crippen molar-refractivity contribution in [2.75, 3.05) is 26.1 Å². The predicted molar refractivity (Wildman–Crippen MR) is 107 cm³/mol. The van der Waals surface area contributed by atoms with Crippen LogP contribution < -0.4 is 10.1 Å². The summed E-state index contributed by atoms with van der Waals surface area (Å²) in [4.78, 5) is 12.8. The van der Waals surface area contributed by atoms with Gasteiger partial charge in [-0.05, 0) is 18.2 Å². The maximum absolute atomic E-state index is 12.9. The summed E-state index contributed by atoms with van der Waals surface area (Å²) in [6.45, 7) is 0.469. The number of nitrogens with one attached hydrogen (secondary N) is 1. The summed E-state index contributed by atoms with van der Waals surface area (Å²) >= 11 is 12.5. The minimum atomic E-state index is -3.72. The van der Waals surface area contributed by atoms with E-state index in [-0.39, 0.29) is 38.9 Å². The molecule has 9 heteroatoms. The Morgan fingerprint density at radius 2 is 2.00 bits per heavy atom. The smallest absolute Gasteiger partial charge is 0.254 e. The number of fused-ring (bicyclic) bond motifs is 1. The molecule has 0 aliphatic carbocycles. The second-order valence-corrected chi connectivity index (χ2v) is 9.11. The number of halogens is 2. The number of carbonyl (C=O) groups is 1. The molecule has 0 bridgehead atoms. The second kappa shape index (κ2) is 8.69. The molecule has 2 aromatic carbocycles. The minimum Gasteiger partial charge on any atom is -0.493 e. The fourth-order valence-corrected chi connectivity index (χ4v) is 5.16. The first-order valence-electron chi connectivity index (χ1n) is 8.57. The first kappa shape index (κ1) is 20.9. The van der Waals surface area contributed by atoms with Crippen molar-refractivity contribution >= 4 is 38.9 Å². The first-order chi connectivity index (χ1) is 13.3. The molecule has 0 spiro atoms. The number of ether oxygens (including phenoxy) is 2. The number of para-hydroxylation sites is 1. The van der Waals surface area contributed by atoms with Crippen molar-refractivity contribution in [1.82, 2.24) is 5.32 Å². The largest absolute Gasteiger partial charge is 0.493 e. The molecule has 0 unspecified atom stereocenters. The molecule has 150 valence electrons. The van der Waals surface area contributed by atoms with Crippen LogP contribution in [0, 0.1) is 0 Å². The molecule has 1 amide bonds. The van der Waals surface area contributed by atoms with E-state index in [1.807, 2.05) is 24.3 Å². The van der Waals surface area contributed by atoms with E-state index in [1.54, 1.807) is 0 Å². The molecule has 2 aromatic rings. The molecule has 1 aliphatic rings. The van der Waals surface area contributed by atoms with Gasteiger partial charge in [-0.3, -0.25) is 4.79 Å². The van der Waals surface area contributed by atoms with Gasteiger partial charge in [0.15, 0.2) is 9.84 Å². The first-order valence-corrected chi connectivity index (χ1v) is 11.0. The SMILES string of the molecule is COCCS(=O)(=O)c1ccc(Cl)c(C(=O)N[C@H]2CCOc3ccccc32)c1Cl. The molecule has 1 N–H and O–H groups in total. The van der Waals surface area contributed by atoms with Gasteiger partial charge in [0.25, 0.3) is 5.91 Å². The van der Waals surface area contributed by atoms with Crippen LogP contribution in [0.25, 0.3) is 0 Å². The number of methoxy groups -OCH3 is 1. The highest BCUT2D eigenvalue weighted by Gasteiger charge is 2.28. The molecule has 28 heavy (non-hydrogen) atoms. The highest BCUT2D eigenvalue weighted by Crippen LogP contribution is 2.35. The minimum absolute atomic E-state index is 0.0156. The van der Waals surface area contributed by atoms with Crippen molar-refractivity contribution in [3.8, 4) is 5.75 Å². The number of amides is 1. The van der Waals surface area contributed by atoms with Crippen molar-refractivity contribution in [2.45, 2.75) is 17.4 Å². The van der Waals surface area contributed by atoms with Gasteiger partial charge in [0.05, 0.1) is 45.5 Å². The van der Waals surface area contributed by atoms with E-state index in [4.69, 9.17) is 32.7 Å². The number of sulfone groups is 1. The lowest BCUT2D eigenvalue weighted by Gasteiger charge is -2.27. The van der Waals surface area contributed by atoms with Gasteiger partial charge in [0.1, 0.15) is 5.75 Å². The maximum Gasteiger partial charge on any atom is 0.254 e. The Morgan fingerprint density at radius 1 is 1.25 bits per heavy atom. The lowest BCUT2D eigenvalue weighted by Crippen LogP contribution is -2.32. The number of rotatable bonds is 6. The van der Waals surface area contributed by atoms with Crippen LogP contribution in [0.1, 0.15) is 28.4 Å². The molecule has 6 nitrogen and oxygen atoms in total. The maximum atomic E-state index is 12.9. The van der Waals surface area contributed by atoms with Gasteiger partial charge in [0, 0.05) is 19.1 Å². The van der Waals surface area contributed by atoms with Crippen molar-refractivity contribution in [1.29, 1.82) is 0 Å². The van der Waals surface area contributed by atoms with Crippen molar-refractivity contribution < 1.29 is 22.7 Å². The van der Waals surface area contributed by atoms with E-state index >= 15 is 0 Å². The number of carbonyl (C=O) groups excluding carboxylic acids is 1. The van der Waals surface area contributed by atoms with Crippen LogP contribution in [0.2, 0.25) is 10.0 Å². The van der Waals surface area contributed by atoms with Crippen molar-refractivity contribution in [3.05, 3.63) is 57.6 Å². The summed E-state index contributed by atoms with van der Waals surface area (Å²) in [6, 6.07) is 9.78. The zero-order valence-corrected chi connectivity index (χ0v) is 17.4. The molecule has 3 rings (SSSR count). The Balaban J connectivity index is 1.92. The third kappa shape index (κ3) is 4.27. The molecule has 1 heterocycles. The Hall–Kier alpha value is -1.80. The summed E-state index contributed by atoms with van der Waals surface area (Å²) in [5, 5.41) is 2.77. The molecule has 1 atom stereocenters. The van der Waals surface area contributed by atoms with Crippen LogP contribution in [-0.2, 0) is 14.6 Å². The summed E-state index contributed by atoms with van der Waals surface area (Å²) in [5.74, 6) is -0.0909. The molecule has 0 radical (unpaired) electrons. The lowest BCUT2D eigenvalue weighted by molar-refractivity contribution is 0.0925. The molecule has 0 aromatic heterocycles. The third-order valence-electron chi connectivity index (χ3n) is 4.44. The number of hydrogen-bond acceptors (Lipinski definition) is 5. The molecule has 1 aliphatic heterocycles. The van der Waals surface area contributed by atoms with Crippen molar-refractivity contribution in [2.24, 2.45) is 0 Å². The van der Waals surface area contributed by atoms with Crippen LogP contribution in [0.3, 0.4) is 0 Å². The van der Waals surface area contributed by atoms with Gasteiger partial charge < -0.3 is 14.8 Å². The van der Waals surface area contributed by atoms with Crippen molar-refractivity contribution in [3.63, 3.8) is 0 Å². The summed E-state index contributed by atoms with van der Waals surface area (Å²) in [7, 11) is -2.32. The summed E-state index contributed by atoms with van der Waals surface area (Å²) < 4.78 is 35.4. The van der Waals surface area contributed by atoms with E-state index in [1.165, 1.54) is 19.2 Å². The fourth-order valence-electron chi connectivity index (χ4n) is 3.01. The Kier molecular flexibility index (Phi) is 6.50. The van der Waals surface area contributed by atoms with Gasteiger partial charge in [-0.15, -0.1) is 0 Å². The average Bonchev–Trinajstić information content (AvgIpc) is 2.66. The third-order valence-corrected chi connectivity index (χ3v) is 6.97. The topological polar surface area (TPSA) is 81.7 Å². The van der Waals surface area contributed by atoms with E-state index in [9.17, 15) is 13.2 Å². The van der Waals surface area contributed by atoms with Crippen LogP contribution in [0.5, 0.6) is 5.75 Å². The Labute approximate surface area is 173 Å². The van der Waals surface area contributed by atoms with Gasteiger partial charge in [-0.2, -0.15) is 0 Å². The van der Waals surface area contributed by atoms with Crippen LogP contribution in [0.15, 0.2) is 41.3 Å². The standard InChI is InChI=1S/C19H19Cl2NO5S/c1-26-10-11-28(24,25)16-7-6-13(20)17(18(16)21)19(23)22-14-8-9-27-15-5-3-2-4-12(14)15/h2-7,14H,8-11H2,1H3,(H,22,23)/t14-/m0/s1. The van der Waals surface area contributed by atoms with E-state index in [0.717, 1.165) is 5.56 Å². The normalized spacial score (nSPS) is 16.2. The van der Waals surface area contributed by atoms with E-state index in [0.29, 0.717) is 18.8 Å². The van der Waals surface area contributed by atoms with E-state index in [2.05, 4.69) is 5.32 Å². The fraction of sp³-hybridized carbons (Fsp3) is 0.316. The Morgan fingerprint density at radius 3 is 2.75 bits per heavy atom. The van der Waals surface area contributed by atoms with Gasteiger partial charge in [-0.25, -0.2) is 8.42 Å². The molecule has 0 saturated carbocycles. The zero-order valence-electron chi connectivity index (χ0n) is 15.1. The van der Waals surface area contributed by atoms with Gasteiger partial charge >= 0.3 is 0 Å². The second-order valence-electron chi connectivity index (χ2n) is 6.25. The zero-order chi connectivity index (χ0) is 20.3. The van der Waals surface area contributed by atoms with Gasteiger partial charge in [-0.1, -0.05) is 41.4 Å². The van der Waals surface area contributed by atoms with Crippen LogP contribution in [-0.4, -0.2) is 40.4 Å². The quantitative estimate of drug-likeness (QED) is 0.736. The van der Waals surface area contributed by atoms with E-state index < -0.39 is 15.7 Å².